The molecule has 32 heavy (non-hydrogen) atoms. The Morgan fingerprint density at radius 2 is 1.50 bits per heavy atom. The molecule has 0 saturated carbocycles. The number of hydrogen-bond donors (Lipinski definition) is 2. The molecule has 1 saturated heterocycles. The summed E-state index contributed by atoms with van der Waals surface area (Å²) in [5.41, 5.74) is 0.562. The number of ether oxygens (including phenoxy) is 1. The molecule has 0 amide bonds. The quantitative estimate of drug-likeness (QED) is 0.663. The van der Waals surface area contributed by atoms with Crippen LogP contribution >= 0.6 is 11.8 Å². The first-order chi connectivity index (χ1) is 15.3. The van der Waals surface area contributed by atoms with E-state index in [1.807, 2.05) is 19.0 Å². The summed E-state index contributed by atoms with van der Waals surface area (Å²) >= 11 is 1.37. The van der Waals surface area contributed by atoms with Crippen LogP contribution in [0.5, 0.6) is 0 Å². The summed E-state index contributed by atoms with van der Waals surface area (Å²) in [6, 6.07) is 12.5. The molecule has 2 aliphatic rings. The van der Waals surface area contributed by atoms with E-state index in [4.69, 9.17) is 9.73 Å². The van der Waals surface area contributed by atoms with Gasteiger partial charge in [0.05, 0.1) is 17.2 Å². The lowest BCUT2D eigenvalue weighted by molar-refractivity contribution is -0.125. The van der Waals surface area contributed by atoms with Gasteiger partial charge in [-0.25, -0.2) is 9.59 Å². The Morgan fingerprint density at radius 3 is 2.00 bits per heavy atom. The van der Waals surface area contributed by atoms with Crippen LogP contribution in [0.2, 0.25) is 0 Å². The predicted molar refractivity (Wildman–Crippen MR) is 120 cm³/mol. The average Bonchev–Trinajstić information content (AvgIpc) is 3.22. The number of hydrogen-bond acceptors (Lipinski definition) is 7. The van der Waals surface area contributed by atoms with E-state index in [0.29, 0.717) is 22.6 Å². The van der Waals surface area contributed by atoms with E-state index in [1.165, 1.54) is 23.9 Å². The van der Waals surface area contributed by atoms with E-state index >= 15 is 0 Å². The summed E-state index contributed by atoms with van der Waals surface area (Å²) in [7, 11) is 3.69. The summed E-state index contributed by atoms with van der Waals surface area (Å²) in [6.45, 7) is 0. The van der Waals surface area contributed by atoms with Crippen molar-refractivity contribution in [3.63, 3.8) is 0 Å². The molecule has 2 aromatic rings. The van der Waals surface area contributed by atoms with Crippen LogP contribution in [0.4, 0.5) is 0 Å². The number of carbonyl (C=O) groups is 3. The molecule has 2 N–H and O–H groups in total. The highest BCUT2D eigenvalue weighted by atomic mass is 32.2. The number of carbonyl (C=O) groups excluding carboxylic acids is 1. The van der Waals surface area contributed by atoms with Crippen molar-refractivity contribution in [1.29, 1.82) is 0 Å². The smallest absolute Gasteiger partial charge is 0.335 e. The molecule has 0 aromatic heterocycles. The molecular formula is C23H22N2O6S. The fourth-order valence-electron chi connectivity index (χ4n) is 4.46. The zero-order valence-electron chi connectivity index (χ0n) is 17.4. The van der Waals surface area contributed by atoms with E-state index in [1.54, 1.807) is 36.4 Å². The van der Waals surface area contributed by atoms with E-state index in [9.17, 15) is 24.6 Å². The van der Waals surface area contributed by atoms with E-state index in [0.717, 1.165) is 0 Å². The van der Waals surface area contributed by atoms with Crippen LogP contribution in [0.25, 0.3) is 0 Å². The van der Waals surface area contributed by atoms with Gasteiger partial charge in [0.1, 0.15) is 17.8 Å². The molecule has 8 nitrogen and oxygen atoms in total. The third-order valence-electron chi connectivity index (χ3n) is 5.78. The van der Waals surface area contributed by atoms with Crippen molar-refractivity contribution < 1.29 is 29.3 Å². The van der Waals surface area contributed by atoms with Crippen molar-refractivity contribution in [2.45, 2.75) is 29.4 Å². The lowest BCUT2D eigenvalue weighted by Crippen LogP contribution is -2.46. The number of aromatic carboxylic acids is 2. The van der Waals surface area contributed by atoms with Crippen LogP contribution in [0.15, 0.2) is 53.5 Å². The number of thioether (sulfide) groups is 1. The minimum atomic E-state index is -1.13. The fraction of sp³-hybridized carbons (Fsp3) is 0.304. The summed E-state index contributed by atoms with van der Waals surface area (Å²) in [5, 5.41) is 20.4. The van der Waals surface area contributed by atoms with Gasteiger partial charge in [-0.2, -0.15) is 0 Å². The third kappa shape index (κ3) is 3.78. The normalized spacial score (nSPS) is 26.7. The Labute approximate surface area is 188 Å². The van der Waals surface area contributed by atoms with Crippen molar-refractivity contribution in [3.05, 3.63) is 70.8 Å². The number of aldehydes is 1. The van der Waals surface area contributed by atoms with Crippen molar-refractivity contribution >= 4 is 35.2 Å². The molecular weight excluding hydrogens is 432 g/mol. The first-order valence-electron chi connectivity index (χ1n) is 10.0. The molecule has 2 aliphatic heterocycles. The van der Waals surface area contributed by atoms with Gasteiger partial charge in [0.25, 0.3) is 0 Å². The van der Waals surface area contributed by atoms with Gasteiger partial charge in [-0.3, -0.25) is 4.99 Å². The van der Waals surface area contributed by atoms with Gasteiger partial charge in [0.2, 0.25) is 0 Å². The Bertz CT molecular complexity index is 1100. The van der Waals surface area contributed by atoms with Gasteiger partial charge in [-0.15, -0.1) is 0 Å². The van der Waals surface area contributed by atoms with Gasteiger partial charge in [0.15, 0.2) is 5.17 Å². The van der Waals surface area contributed by atoms with E-state index in [2.05, 4.69) is 0 Å². The second-order valence-corrected chi connectivity index (χ2v) is 8.92. The van der Waals surface area contributed by atoms with Crippen molar-refractivity contribution in [2.24, 2.45) is 4.99 Å². The standard InChI is InChI=1S/C23H22N2O6S/c1-25(2)23-24-19-18(13-8-4-6-10-15(13)21(29)30)17(16(11-26)31-22(19)32-23)12-7-3-5-9-14(12)20(27)28/h3-11,16-19,22H,1-2H3,(H,27,28)(H,29,30)/t16-,17+,18+,19-,22-/m1/s1. The molecule has 0 bridgehead atoms. The molecule has 5 atom stereocenters. The second-order valence-electron chi connectivity index (χ2n) is 7.86. The number of benzene rings is 2. The molecule has 2 heterocycles. The highest BCUT2D eigenvalue weighted by Gasteiger charge is 2.52. The average molecular weight is 455 g/mol. The molecule has 0 aliphatic carbocycles. The van der Waals surface area contributed by atoms with Crippen LogP contribution in [-0.4, -0.2) is 70.2 Å². The van der Waals surface area contributed by atoms with Gasteiger partial charge in [-0.1, -0.05) is 48.2 Å². The molecule has 0 radical (unpaired) electrons. The largest absolute Gasteiger partial charge is 0.478 e. The van der Waals surface area contributed by atoms with Crippen LogP contribution < -0.4 is 0 Å². The minimum Gasteiger partial charge on any atom is -0.478 e. The van der Waals surface area contributed by atoms with Gasteiger partial charge in [0, 0.05) is 25.9 Å². The summed E-state index contributed by atoms with van der Waals surface area (Å²) in [4.78, 5) is 42.9. The molecule has 9 heteroatoms. The number of nitrogens with zero attached hydrogens (tertiary/aromatic N) is 2. The maximum Gasteiger partial charge on any atom is 0.335 e. The third-order valence-corrected chi connectivity index (χ3v) is 7.08. The number of carboxylic acids is 2. The number of fused-ring (bicyclic) bond motifs is 1. The highest BCUT2D eigenvalue weighted by Crippen LogP contribution is 2.51. The van der Waals surface area contributed by atoms with Gasteiger partial charge < -0.3 is 24.6 Å². The number of amidine groups is 1. The van der Waals surface area contributed by atoms with E-state index in [-0.39, 0.29) is 11.1 Å². The van der Waals surface area contributed by atoms with Gasteiger partial charge >= 0.3 is 11.9 Å². The van der Waals surface area contributed by atoms with Crippen molar-refractivity contribution in [1.82, 2.24) is 4.90 Å². The topological polar surface area (TPSA) is 117 Å². The Morgan fingerprint density at radius 1 is 0.969 bits per heavy atom. The molecule has 1 fully saturated rings. The van der Waals surface area contributed by atoms with E-state index < -0.39 is 41.4 Å². The summed E-state index contributed by atoms with van der Waals surface area (Å²) in [5.74, 6) is -3.54. The lowest BCUT2D eigenvalue weighted by atomic mass is 9.70. The predicted octanol–water partition coefficient (Wildman–Crippen LogP) is 2.91. The number of carboxylic acid groups (broad SMARTS) is 2. The number of aliphatic imine (C=N–C) groups is 1. The maximum atomic E-state index is 12.2. The molecule has 2 aromatic carbocycles. The Hall–Kier alpha value is -3.17. The molecule has 4 rings (SSSR count). The monoisotopic (exact) mass is 454 g/mol. The van der Waals surface area contributed by atoms with Crippen molar-refractivity contribution in [3.8, 4) is 0 Å². The van der Waals surface area contributed by atoms with Crippen LogP contribution in [-0.2, 0) is 9.53 Å². The SMILES string of the molecule is CN(C)C1=N[C@@H]2[C@@H](c3ccccc3C(=O)O)[C@@H](c3ccccc3C(=O)O)[C@@H](C=O)O[C@@H]2S1. The zero-order valence-corrected chi connectivity index (χ0v) is 18.2. The lowest BCUT2D eigenvalue weighted by Gasteiger charge is -2.42. The maximum absolute atomic E-state index is 12.2. The second kappa shape index (κ2) is 8.76. The van der Waals surface area contributed by atoms with Crippen LogP contribution in [0, 0.1) is 0 Å². The highest BCUT2D eigenvalue weighted by molar-refractivity contribution is 8.14. The van der Waals surface area contributed by atoms with Crippen molar-refractivity contribution in [2.75, 3.05) is 14.1 Å². The molecule has 0 unspecified atom stereocenters. The van der Waals surface area contributed by atoms with Gasteiger partial charge in [-0.05, 0) is 23.3 Å². The van der Waals surface area contributed by atoms with Crippen LogP contribution in [0.3, 0.4) is 0 Å². The molecule has 0 spiro atoms. The Kier molecular flexibility index (Phi) is 6.03. The first kappa shape index (κ1) is 22.0. The zero-order chi connectivity index (χ0) is 23.0. The first-order valence-corrected chi connectivity index (χ1v) is 10.9. The Balaban J connectivity index is 1.97. The molecule has 166 valence electrons. The minimum absolute atomic E-state index is 0.0478. The van der Waals surface area contributed by atoms with Crippen LogP contribution in [0.1, 0.15) is 43.7 Å². The number of rotatable bonds is 5. The summed E-state index contributed by atoms with van der Waals surface area (Å²) < 4.78 is 6.11. The fourth-order valence-corrected chi connectivity index (χ4v) is 5.61. The summed E-state index contributed by atoms with van der Waals surface area (Å²) in [6.07, 6.45) is -0.294.